The standard InChI is InChI=1S/C7H4BrF3INO/c8-3-1-4(12)6(13)5(2-3)14-7(9,10)11/h1-2H,13H2. The number of nitrogens with two attached hydrogens (primary N) is 1. The molecule has 0 saturated heterocycles. The third-order valence-corrected chi connectivity index (χ3v) is 2.63. The summed E-state index contributed by atoms with van der Waals surface area (Å²) in [4.78, 5) is 0. The molecule has 7 heteroatoms. The summed E-state index contributed by atoms with van der Waals surface area (Å²) in [5.74, 6) is -0.392. The normalized spacial score (nSPS) is 11.5. The summed E-state index contributed by atoms with van der Waals surface area (Å²) in [7, 11) is 0. The van der Waals surface area contributed by atoms with E-state index in [2.05, 4.69) is 20.7 Å². The minimum Gasteiger partial charge on any atom is -0.404 e. The summed E-state index contributed by atoms with van der Waals surface area (Å²) < 4.78 is 40.4. The highest BCUT2D eigenvalue weighted by molar-refractivity contribution is 14.1. The van der Waals surface area contributed by atoms with Gasteiger partial charge in [0.15, 0.2) is 5.75 Å². The summed E-state index contributed by atoms with van der Waals surface area (Å²) in [6, 6.07) is 2.77. The monoisotopic (exact) mass is 381 g/mol. The average Bonchev–Trinajstić information content (AvgIpc) is 1.96. The smallest absolute Gasteiger partial charge is 0.404 e. The Morgan fingerprint density at radius 2 is 1.93 bits per heavy atom. The van der Waals surface area contributed by atoms with Crippen molar-refractivity contribution in [3.05, 3.63) is 20.2 Å². The second-order valence-electron chi connectivity index (χ2n) is 2.35. The Morgan fingerprint density at radius 1 is 1.36 bits per heavy atom. The van der Waals surface area contributed by atoms with E-state index in [1.165, 1.54) is 6.07 Å². The van der Waals surface area contributed by atoms with Gasteiger partial charge >= 0.3 is 6.36 Å². The molecule has 1 aromatic rings. The number of ether oxygens (including phenoxy) is 1. The van der Waals surface area contributed by atoms with Crippen molar-refractivity contribution in [2.45, 2.75) is 6.36 Å². The minimum atomic E-state index is -4.72. The molecule has 14 heavy (non-hydrogen) atoms. The van der Waals surface area contributed by atoms with Crippen LogP contribution in [0.5, 0.6) is 5.75 Å². The lowest BCUT2D eigenvalue weighted by Crippen LogP contribution is -2.18. The molecule has 2 nitrogen and oxygen atoms in total. The predicted octanol–water partition coefficient (Wildman–Crippen LogP) is 3.53. The summed E-state index contributed by atoms with van der Waals surface area (Å²) in [6.45, 7) is 0. The van der Waals surface area contributed by atoms with Crippen LogP contribution in [0.2, 0.25) is 0 Å². The number of halogens is 5. The van der Waals surface area contributed by atoms with E-state index in [4.69, 9.17) is 5.73 Å². The van der Waals surface area contributed by atoms with Crippen molar-refractivity contribution in [2.75, 3.05) is 5.73 Å². The van der Waals surface area contributed by atoms with Gasteiger partial charge in [-0.3, -0.25) is 0 Å². The Bertz CT molecular complexity index is 356. The minimum absolute atomic E-state index is 0.0221. The molecule has 1 aromatic carbocycles. The van der Waals surface area contributed by atoms with Crippen LogP contribution in [-0.2, 0) is 0 Å². The first-order valence-corrected chi connectivity index (χ1v) is 5.17. The van der Waals surface area contributed by atoms with Gasteiger partial charge in [0, 0.05) is 8.04 Å². The molecule has 1 rings (SSSR count). The quantitative estimate of drug-likeness (QED) is 0.596. The topological polar surface area (TPSA) is 35.2 Å². The molecule has 2 N–H and O–H groups in total. The highest BCUT2D eigenvalue weighted by Crippen LogP contribution is 2.34. The lowest BCUT2D eigenvalue weighted by atomic mass is 10.3. The molecule has 0 amide bonds. The maximum absolute atomic E-state index is 11.9. The Hall–Kier alpha value is -0.180. The Labute approximate surface area is 99.9 Å². The van der Waals surface area contributed by atoms with Crippen LogP contribution in [0, 0.1) is 3.57 Å². The van der Waals surface area contributed by atoms with E-state index >= 15 is 0 Å². The predicted molar refractivity (Wildman–Crippen MR) is 58.0 cm³/mol. The van der Waals surface area contributed by atoms with Crippen LogP contribution in [0.25, 0.3) is 0 Å². The van der Waals surface area contributed by atoms with E-state index < -0.39 is 12.1 Å². The van der Waals surface area contributed by atoms with Crippen LogP contribution in [0.1, 0.15) is 0 Å². The van der Waals surface area contributed by atoms with Crippen LogP contribution >= 0.6 is 38.5 Å². The molecule has 0 aliphatic heterocycles. The van der Waals surface area contributed by atoms with E-state index in [0.717, 1.165) is 0 Å². The van der Waals surface area contributed by atoms with Gasteiger partial charge in [0.25, 0.3) is 0 Å². The van der Waals surface area contributed by atoms with Gasteiger partial charge in [-0.1, -0.05) is 15.9 Å². The first-order chi connectivity index (χ1) is 6.29. The second kappa shape index (κ2) is 4.13. The molecule has 0 atom stereocenters. The van der Waals surface area contributed by atoms with Crippen molar-refractivity contribution < 1.29 is 17.9 Å². The van der Waals surface area contributed by atoms with Crippen LogP contribution in [0.4, 0.5) is 18.9 Å². The molecule has 78 valence electrons. The zero-order valence-electron chi connectivity index (χ0n) is 6.53. The molecule has 0 unspecified atom stereocenters. The first-order valence-electron chi connectivity index (χ1n) is 3.30. The van der Waals surface area contributed by atoms with Gasteiger partial charge < -0.3 is 10.5 Å². The molecule has 0 bridgehead atoms. The van der Waals surface area contributed by atoms with E-state index in [1.54, 1.807) is 6.07 Å². The lowest BCUT2D eigenvalue weighted by Gasteiger charge is -2.12. The van der Waals surface area contributed by atoms with E-state index in [9.17, 15) is 13.2 Å². The third-order valence-electron chi connectivity index (χ3n) is 1.28. The molecule has 0 aliphatic rings. The maximum Gasteiger partial charge on any atom is 0.573 e. The SMILES string of the molecule is Nc1c(I)cc(Br)cc1OC(F)(F)F. The number of benzene rings is 1. The van der Waals surface area contributed by atoms with Crippen LogP contribution in [0.3, 0.4) is 0 Å². The Morgan fingerprint density at radius 3 is 2.43 bits per heavy atom. The number of hydrogen-bond acceptors (Lipinski definition) is 2. The number of rotatable bonds is 1. The van der Waals surface area contributed by atoms with Gasteiger partial charge in [0.2, 0.25) is 0 Å². The van der Waals surface area contributed by atoms with E-state index in [0.29, 0.717) is 8.04 Å². The number of hydrogen-bond donors (Lipinski definition) is 1. The van der Waals surface area contributed by atoms with Crippen LogP contribution < -0.4 is 10.5 Å². The fraction of sp³-hybridized carbons (Fsp3) is 0.143. The zero-order chi connectivity index (χ0) is 10.9. The summed E-state index contributed by atoms with van der Waals surface area (Å²) >= 11 is 4.87. The highest BCUT2D eigenvalue weighted by Gasteiger charge is 2.32. The van der Waals surface area contributed by atoms with Gasteiger partial charge in [-0.05, 0) is 34.7 Å². The largest absolute Gasteiger partial charge is 0.573 e. The Kier molecular flexibility index (Phi) is 3.51. The molecular formula is C7H4BrF3INO. The van der Waals surface area contributed by atoms with E-state index in [-0.39, 0.29) is 5.69 Å². The van der Waals surface area contributed by atoms with Crippen molar-refractivity contribution in [1.29, 1.82) is 0 Å². The fourth-order valence-electron chi connectivity index (χ4n) is 0.770. The Balaban J connectivity index is 3.09. The first kappa shape index (κ1) is 11.9. The molecule has 0 fully saturated rings. The number of alkyl halides is 3. The molecule has 0 radical (unpaired) electrons. The van der Waals surface area contributed by atoms with Gasteiger partial charge in [-0.2, -0.15) is 0 Å². The highest BCUT2D eigenvalue weighted by atomic mass is 127. The molecule has 0 aromatic heterocycles. The summed E-state index contributed by atoms with van der Waals surface area (Å²) in [5, 5.41) is 0. The number of nitrogen functional groups attached to an aromatic ring is 1. The second-order valence-corrected chi connectivity index (χ2v) is 4.43. The molecule has 0 spiro atoms. The van der Waals surface area contributed by atoms with Crippen molar-refractivity contribution in [3.63, 3.8) is 0 Å². The average molecular weight is 382 g/mol. The van der Waals surface area contributed by atoms with Gasteiger partial charge in [-0.25, -0.2) is 0 Å². The van der Waals surface area contributed by atoms with Gasteiger partial charge in [0.1, 0.15) is 0 Å². The zero-order valence-corrected chi connectivity index (χ0v) is 10.3. The van der Waals surface area contributed by atoms with Crippen molar-refractivity contribution in [1.82, 2.24) is 0 Å². The van der Waals surface area contributed by atoms with E-state index in [1.807, 2.05) is 22.6 Å². The van der Waals surface area contributed by atoms with Crippen molar-refractivity contribution >= 4 is 44.2 Å². The molecule has 0 aliphatic carbocycles. The van der Waals surface area contributed by atoms with Crippen LogP contribution in [0.15, 0.2) is 16.6 Å². The number of anilines is 1. The molecular weight excluding hydrogens is 378 g/mol. The third kappa shape index (κ3) is 3.19. The van der Waals surface area contributed by atoms with Crippen LogP contribution in [-0.4, -0.2) is 6.36 Å². The maximum atomic E-state index is 11.9. The lowest BCUT2D eigenvalue weighted by molar-refractivity contribution is -0.274. The van der Waals surface area contributed by atoms with Crippen molar-refractivity contribution in [3.8, 4) is 5.75 Å². The molecule has 0 saturated carbocycles. The fourth-order valence-corrected chi connectivity index (χ4v) is 2.24. The summed E-state index contributed by atoms with van der Waals surface area (Å²) in [6.07, 6.45) is -4.72. The van der Waals surface area contributed by atoms with Gasteiger partial charge in [-0.15, -0.1) is 13.2 Å². The molecule has 0 heterocycles. The summed E-state index contributed by atoms with van der Waals surface area (Å²) in [5.41, 5.74) is 5.38. The van der Waals surface area contributed by atoms with Crippen molar-refractivity contribution in [2.24, 2.45) is 0 Å². The van der Waals surface area contributed by atoms with Gasteiger partial charge in [0.05, 0.1) is 5.69 Å².